The Morgan fingerprint density at radius 3 is 2.52 bits per heavy atom. The number of H-pyrrole nitrogens is 1. The van der Waals surface area contributed by atoms with Gasteiger partial charge in [0.05, 0.1) is 12.1 Å². The van der Waals surface area contributed by atoms with Gasteiger partial charge in [-0.05, 0) is 6.07 Å². The number of rotatable bonds is 5. The maximum absolute atomic E-state index is 12.7. The molecule has 1 aliphatic rings. The molecule has 0 atom stereocenters. The van der Waals surface area contributed by atoms with Gasteiger partial charge in [0.1, 0.15) is 37.4 Å². The number of carbonyl (C=O) groups is 2. The number of nitrogens with zero attached hydrogens (tertiary/aromatic N) is 2. The number of piperazine rings is 1. The number of hydrogen-bond acceptors (Lipinski definition) is 3. The van der Waals surface area contributed by atoms with E-state index in [1.807, 2.05) is 4.90 Å². The molecule has 0 unspecified atom stereocenters. The van der Waals surface area contributed by atoms with E-state index in [9.17, 15) is 22.8 Å². The highest BCUT2D eigenvalue weighted by Crippen LogP contribution is 2.31. The second-order valence-electron chi connectivity index (χ2n) is 6.42. The van der Waals surface area contributed by atoms with Crippen molar-refractivity contribution in [3.05, 3.63) is 22.8 Å². The van der Waals surface area contributed by atoms with Gasteiger partial charge in [0.25, 0.3) is 11.7 Å². The fourth-order valence-corrected chi connectivity index (χ4v) is 3.11. The third kappa shape index (κ3) is 5.70. The Kier molecular flexibility index (Phi) is 6.88. The molecule has 11 heteroatoms. The Morgan fingerprint density at radius 2 is 2.00 bits per heavy atom. The van der Waals surface area contributed by atoms with Crippen molar-refractivity contribution in [2.75, 3.05) is 58.3 Å². The molecule has 1 aromatic rings. The fourth-order valence-electron chi connectivity index (χ4n) is 2.82. The second kappa shape index (κ2) is 8.75. The molecule has 27 heavy (non-hydrogen) atoms. The number of quaternary nitrogens is 1. The van der Waals surface area contributed by atoms with Crippen molar-refractivity contribution in [2.45, 2.75) is 6.18 Å². The van der Waals surface area contributed by atoms with E-state index < -0.39 is 11.7 Å². The van der Waals surface area contributed by atoms with E-state index in [0.29, 0.717) is 32.0 Å². The first kappa shape index (κ1) is 21.2. The highest BCUT2D eigenvalue weighted by molar-refractivity contribution is 6.32. The maximum Gasteiger partial charge on any atom is 0.419 e. The van der Waals surface area contributed by atoms with Crippen LogP contribution in [0.4, 0.5) is 19.0 Å². The molecule has 150 valence electrons. The summed E-state index contributed by atoms with van der Waals surface area (Å²) in [7, 11) is 3.08. The summed E-state index contributed by atoms with van der Waals surface area (Å²) in [5, 5.41) is 2.47. The maximum atomic E-state index is 12.7. The molecule has 1 saturated heterocycles. The molecule has 0 bridgehead atoms. The van der Waals surface area contributed by atoms with Crippen molar-refractivity contribution in [3.63, 3.8) is 0 Å². The van der Waals surface area contributed by atoms with Crippen molar-refractivity contribution in [3.8, 4) is 0 Å². The lowest BCUT2D eigenvalue weighted by Crippen LogP contribution is -3.16. The van der Waals surface area contributed by atoms with Gasteiger partial charge in [-0.2, -0.15) is 13.2 Å². The zero-order valence-corrected chi connectivity index (χ0v) is 15.9. The van der Waals surface area contributed by atoms with Crippen LogP contribution in [0.1, 0.15) is 5.56 Å². The summed E-state index contributed by atoms with van der Waals surface area (Å²) in [6, 6.07) is 0.907. The number of hydrogen-bond donors (Lipinski definition) is 2. The molecule has 1 fully saturated rings. The number of alkyl halides is 3. The zero-order valence-electron chi connectivity index (χ0n) is 15.1. The quantitative estimate of drug-likeness (QED) is 0.661. The largest absolute Gasteiger partial charge is 0.419 e. The topological polar surface area (TPSA) is 71.2 Å². The van der Waals surface area contributed by atoms with E-state index >= 15 is 0 Å². The van der Waals surface area contributed by atoms with Crippen molar-refractivity contribution in [1.82, 2.24) is 10.2 Å². The Hall–Kier alpha value is -2.07. The number of halogens is 4. The highest BCUT2D eigenvalue weighted by atomic mass is 35.5. The van der Waals surface area contributed by atoms with Gasteiger partial charge in [-0.1, -0.05) is 11.6 Å². The summed E-state index contributed by atoms with van der Waals surface area (Å²) in [5.74, 6) is 0.0612. The first-order valence-electron chi connectivity index (χ1n) is 8.43. The summed E-state index contributed by atoms with van der Waals surface area (Å²) < 4.78 is 38.2. The van der Waals surface area contributed by atoms with Gasteiger partial charge < -0.3 is 15.1 Å². The normalized spacial score (nSPS) is 15.6. The zero-order chi connectivity index (χ0) is 20.2. The monoisotopic (exact) mass is 409 g/mol. The van der Waals surface area contributed by atoms with E-state index in [4.69, 9.17) is 11.6 Å². The SMILES string of the molecule is CNC(=O)CN(C)C(=O)C[NH+]1CCN(c2[nH+]cc(C(F)(F)F)cc2Cl)CC1. The first-order valence-corrected chi connectivity index (χ1v) is 8.81. The highest BCUT2D eigenvalue weighted by Gasteiger charge is 2.35. The van der Waals surface area contributed by atoms with E-state index in [0.717, 1.165) is 17.2 Å². The van der Waals surface area contributed by atoms with E-state index in [1.165, 1.54) is 11.9 Å². The van der Waals surface area contributed by atoms with Gasteiger partial charge in [-0.3, -0.25) is 9.59 Å². The van der Waals surface area contributed by atoms with Crippen LogP contribution >= 0.6 is 11.6 Å². The van der Waals surface area contributed by atoms with E-state index in [-0.39, 0.29) is 29.9 Å². The molecular formula is C16H23ClF3N5O2+2. The molecule has 7 nitrogen and oxygen atoms in total. The third-order valence-corrected chi connectivity index (χ3v) is 4.76. The molecule has 0 saturated carbocycles. The Morgan fingerprint density at radius 1 is 1.37 bits per heavy atom. The number of pyridine rings is 1. The minimum absolute atomic E-state index is 0.00482. The molecule has 3 N–H and O–H groups in total. The summed E-state index contributed by atoms with van der Waals surface area (Å²) in [6.45, 7) is 2.61. The molecule has 0 spiro atoms. The second-order valence-corrected chi connectivity index (χ2v) is 6.83. The lowest BCUT2D eigenvalue weighted by atomic mass is 10.2. The van der Waals surface area contributed by atoms with E-state index in [2.05, 4.69) is 10.3 Å². The van der Waals surface area contributed by atoms with Gasteiger partial charge in [0.15, 0.2) is 6.54 Å². The predicted molar refractivity (Wildman–Crippen MR) is 92.5 cm³/mol. The van der Waals surface area contributed by atoms with Crippen LogP contribution in [-0.4, -0.2) is 70.1 Å². The van der Waals surface area contributed by atoms with Crippen LogP contribution < -0.4 is 20.1 Å². The molecule has 2 amide bonds. The van der Waals surface area contributed by atoms with Gasteiger partial charge in [-0.25, -0.2) is 9.88 Å². The van der Waals surface area contributed by atoms with Crippen LogP contribution in [0.15, 0.2) is 12.3 Å². The third-order valence-electron chi connectivity index (χ3n) is 4.47. The predicted octanol–water partition coefficient (Wildman–Crippen LogP) is -0.918. The molecule has 2 rings (SSSR count). The number of amides is 2. The smallest absolute Gasteiger partial charge is 0.358 e. The lowest BCUT2D eigenvalue weighted by Gasteiger charge is -2.29. The van der Waals surface area contributed by atoms with Gasteiger partial charge in [0, 0.05) is 14.1 Å². The van der Waals surface area contributed by atoms with Gasteiger partial charge >= 0.3 is 6.18 Å². The number of nitrogens with one attached hydrogen (secondary N) is 3. The molecule has 1 aliphatic heterocycles. The number of likely N-dealkylation sites (N-methyl/N-ethyl adjacent to an activating group) is 2. The van der Waals surface area contributed by atoms with Crippen LogP contribution in [0.5, 0.6) is 0 Å². The standard InChI is InChI=1S/C16H21ClF3N5O2/c1-21-13(26)9-23(2)14(27)10-24-3-5-25(6-4-24)15-12(17)7-11(8-22-15)16(18,19)20/h7-8H,3-6,9-10H2,1-2H3,(H,21,26)/p+2. The van der Waals surface area contributed by atoms with Crippen molar-refractivity contribution in [2.24, 2.45) is 0 Å². The average Bonchev–Trinajstić information content (AvgIpc) is 2.61. The Balaban J connectivity index is 1.90. The Labute approximate surface area is 160 Å². The first-order chi connectivity index (χ1) is 12.6. The van der Waals surface area contributed by atoms with E-state index in [1.54, 1.807) is 7.05 Å². The van der Waals surface area contributed by atoms with Crippen molar-refractivity contribution < 1.29 is 32.6 Å². The number of aromatic nitrogens is 1. The van der Waals surface area contributed by atoms with Crippen LogP contribution in [0.2, 0.25) is 5.02 Å². The van der Waals surface area contributed by atoms with Crippen LogP contribution in [0, 0.1) is 0 Å². The molecule has 0 aromatic carbocycles. The summed E-state index contributed by atoms with van der Waals surface area (Å²) in [6.07, 6.45) is -3.56. The summed E-state index contributed by atoms with van der Waals surface area (Å²) in [5.41, 5.74) is -0.828. The molecule has 2 heterocycles. The number of carbonyl (C=O) groups excluding carboxylic acids is 2. The average molecular weight is 410 g/mol. The number of anilines is 1. The van der Waals surface area contributed by atoms with Gasteiger partial charge in [-0.15, -0.1) is 0 Å². The number of aromatic amines is 1. The van der Waals surface area contributed by atoms with Crippen LogP contribution in [0.25, 0.3) is 0 Å². The molecule has 1 aromatic heterocycles. The lowest BCUT2D eigenvalue weighted by molar-refractivity contribution is -0.892. The van der Waals surface area contributed by atoms with Gasteiger partial charge in [0.2, 0.25) is 5.91 Å². The van der Waals surface area contributed by atoms with Crippen LogP contribution in [-0.2, 0) is 15.8 Å². The minimum Gasteiger partial charge on any atom is -0.358 e. The molecule has 0 radical (unpaired) electrons. The fraction of sp³-hybridized carbons (Fsp3) is 0.562. The minimum atomic E-state index is -4.46. The Bertz CT molecular complexity index is 693. The molecular weight excluding hydrogens is 387 g/mol. The summed E-state index contributed by atoms with van der Waals surface area (Å²) >= 11 is 6.01. The van der Waals surface area contributed by atoms with Crippen LogP contribution in [0.3, 0.4) is 0 Å². The summed E-state index contributed by atoms with van der Waals surface area (Å²) in [4.78, 5) is 30.4. The van der Waals surface area contributed by atoms with Crippen molar-refractivity contribution >= 4 is 29.2 Å². The van der Waals surface area contributed by atoms with Crippen molar-refractivity contribution in [1.29, 1.82) is 0 Å². The molecule has 0 aliphatic carbocycles.